The summed E-state index contributed by atoms with van der Waals surface area (Å²) in [6, 6.07) is 2.77. The molecule has 0 aliphatic heterocycles. The average Bonchev–Trinajstić information content (AvgIpc) is 2.21. The van der Waals surface area contributed by atoms with Crippen molar-refractivity contribution in [3.8, 4) is 0 Å². The second kappa shape index (κ2) is 4.87. The van der Waals surface area contributed by atoms with E-state index in [-0.39, 0.29) is 11.6 Å². The molecule has 1 N–H and O–H groups in total. The topological polar surface area (TPSA) is 29.1 Å². The van der Waals surface area contributed by atoms with E-state index in [4.69, 9.17) is 0 Å². The highest BCUT2D eigenvalue weighted by molar-refractivity contribution is 5.94. The van der Waals surface area contributed by atoms with E-state index in [0.717, 1.165) is 24.6 Å². The molecular formula is C11H13F2NO. The first-order chi connectivity index (χ1) is 7.04. The smallest absolute Gasteiger partial charge is 0.254 e. The molecule has 1 rings (SSSR count). The number of nitrogens with one attached hydrogen (secondary N) is 1. The summed E-state index contributed by atoms with van der Waals surface area (Å²) < 4.78 is 25.9. The third-order valence-corrected chi connectivity index (χ3v) is 2.16. The number of halogens is 2. The van der Waals surface area contributed by atoms with Crippen LogP contribution in [0.4, 0.5) is 8.78 Å². The predicted molar refractivity (Wildman–Crippen MR) is 53.6 cm³/mol. The lowest BCUT2D eigenvalue weighted by molar-refractivity contribution is 0.0934. The fourth-order valence-electron chi connectivity index (χ4n) is 1.08. The van der Waals surface area contributed by atoms with E-state index >= 15 is 0 Å². The molecule has 4 heteroatoms. The van der Waals surface area contributed by atoms with Crippen LogP contribution in [0, 0.1) is 11.6 Å². The fraction of sp³-hybridized carbons (Fsp3) is 0.364. The Morgan fingerprint density at radius 1 is 1.47 bits per heavy atom. The Morgan fingerprint density at radius 3 is 2.73 bits per heavy atom. The molecule has 0 aliphatic carbocycles. The first-order valence-corrected chi connectivity index (χ1v) is 4.80. The van der Waals surface area contributed by atoms with Gasteiger partial charge in [0.25, 0.3) is 5.91 Å². The summed E-state index contributed by atoms with van der Waals surface area (Å²) in [6.07, 6.45) is 0.739. The van der Waals surface area contributed by atoms with Crippen molar-refractivity contribution < 1.29 is 13.6 Å². The third-order valence-electron chi connectivity index (χ3n) is 2.16. The van der Waals surface area contributed by atoms with Crippen LogP contribution in [0.15, 0.2) is 18.2 Å². The van der Waals surface area contributed by atoms with Gasteiger partial charge in [0.2, 0.25) is 0 Å². The van der Waals surface area contributed by atoms with Crippen molar-refractivity contribution in [3.05, 3.63) is 35.4 Å². The van der Waals surface area contributed by atoms with Gasteiger partial charge in [-0.3, -0.25) is 4.79 Å². The Bertz CT molecular complexity index is 366. The minimum atomic E-state index is -0.711. The number of hydrogen-bond acceptors (Lipinski definition) is 1. The van der Waals surface area contributed by atoms with Crippen LogP contribution in [0.25, 0.3) is 0 Å². The van der Waals surface area contributed by atoms with Gasteiger partial charge < -0.3 is 5.32 Å². The summed E-state index contributed by atoms with van der Waals surface area (Å²) in [5.74, 6) is -1.91. The van der Waals surface area contributed by atoms with E-state index in [1.807, 2.05) is 6.92 Å². The Balaban J connectivity index is 2.86. The molecular weight excluding hydrogens is 200 g/mol. The quantitative estimate of drug-likeness (QED) is 0.821. The summed E-state index contributed by atoms with van der Waals surface area (Å²) in [5, 5.41) is 2.57. The maximum absolute atomic E-state index is 13.1. The molecule has 0 heterocycles. The summed E-state index contributed by atoms with van der Waals surface area (Å²) in [6.45, 7) is 3.70. The highest BCUT2D eigenvalue weighted by Gasteiger charge is 2.13. The SMILES string of the molecule is CCC(C)NC(=O)c1cc(F)ccc1F. The molecule has 2 nitrogen and oxygen atoms in total. The summed E-state index contributed by atoms with van der Waals surface area (Å²) in [5.41, 5.74) is -0.254. The molecule has 0 spiro atoms. The van der Waals surface area contributed by atoms with Crippen molar-refractivity contribution >= 4 is 5.91 Å². The lowest BCUT2D eigenvalue weighted by Gasteiger charge is -2.11. The van der Waals surface area contributed by atoms with Crippen LogP contribution >= 0.6 is 0 Å². The van der Waals surface area contributed by atoms with Crippen LogP contribution in [0.1, 0.15) is 30.6 Å². The lowest BCUT2D eigenvalue weighted by atomic mass is 10.1. The van der Waals surface area contributed by atoms with Gasteiger partial charge >= 0.3 is 0 Å². The Labute approximate surface area is 87.3 Å². The molecule has 82 valence electrons. The molecule has 1 atom stereocenters. The zero-order valence-corrected chi connectivity index (χ0v) is 8.68. The van der Waals surface area contributed by atoms with Crippen LogP contribution in [0.3, 0.4) is 0 Å². The molecule has 1 amide bonds. The van der Waals surface area contributed by atoms with Crippen molar-refractivity contribution in [2.75, 3.05) is 0 Å². The maximum atomic E-state index is 13.1. The Hall–Kier alpha value is -1.45. The van der Waals surface area contributed by atoms with Crippen molar-refractivity contribution in [2.24, 2.45) is 0 Å². The summed E-state index contributed by atoms with van der Waals surface area (Å²) in [7, 11) is 0. The summed E-state index contributed by atoms with van der Waals surface area (Å²) >= 11 is 0. The molecule has 1 unspecified atom stereocenters. The average molecular weight is 213 g/mol. The van der Waals surface area contributed by atoms with Gasteiger partial charge in [-0.1, -0.05) is 6.92 Å². The van der Waals surface area contributed by atoms with E-state index in [9.17, 15) is 13.6 Å². The van der Waals surface area contributed by atoms with E-state index in [1.54, 1.807) is 6.92 Å². The molecule has 0 aliphatic rings. The second-order valence-electron chi connectivity index (χ2n) is 3.41. The molecule has 0 aromatic heterocycles. The number of carbonyl (C=O) groups is 1. The lowest BCUT2D eigenvalue weighted by Crippen LogP contribution is -2.32. The first kappa shape index (κ1) is 11.6. The van der Waals surface area contributed by atoms with E-state index in [0.29, 0.717) is 0 Å². The fourth-order valence-corrected chi connectivity index (χ4v) is 1.08. The number of rotatable bonds is 3. The van der Waals surface area contributed by atoms with E-state index in [1.165, 1.54) is 0 Å². The Kier molecular flexibility index (Phi) is 3.77. The highest BCUT2D eigenvalue weighted by atomic mass is 19.1. The largest absolute Gasteiger partial charge is 0.350 e. The van der Waals surface area contributed by atoms with Crippen molar-refractivity contribution in [1.82, 2.24) is 5.32 Å². The van der Waals surface area contributed by atoms with Gasteiger partial charge in [-0.15, -0.1) is 0 Å². The van der Waals surface area contributed by atoms with Crippen molar-refractivity contribution in [1.29, 1.82) is 0 Å². The first-order valence-electron chi connectivity index (χ1n) is 4.80. The van der Waals surface area contributed by atoms with Crippen molar-refractivity contribution in [2.45, 2.75) is 26.3 Å². The zero-order valence-electron chi connectivity index (χ0n) is 8.68. The molecule has 0 fully saturated rings. The molecule has 1 aromatic carbocycles. The summed E-state index contributed by atoms with van der Waals surface area (Å²) in [4.78, 5) is 11.5. The monoisotopic (exact) mass is 213 g/mol. The van der Waals surface area contributed by atoms with Gasteiger partial charge in [0.1, 0.15) is 11.6 Å². The van der Waals surface area contributed by atoms with Gasteiger partial charge in [-0.25, -0.2) is 8.78 Å². The van der Waals surface area contributed by atoms with Crippen LogP contribution in [0.2, 0.25) is 0 Å². The van der Waals surface area contributed by atoms with Gasteiger partial charge in [0.05, 0.1) is 5.56 Å². The number of carbonyl (C=O) groups excluding carboxylic acids is 1. The molecule has 0 radical (unpaired) electrons. The standard InChI is InChI=1S/C11H13F2NO/c1-3-7(2)14-11(15)9-6-8(12)4-5-10(9)13/h4-7H,3H2,1-2H3,(H,14,15). The molecule has 0 saturated heterocycles. The maximum Gasteiger partial charge on any atom is 0.254 e. The minimum absolute atomic E-state index is 0.0554. The number of hydrogen-bond donors (Lipinski definition) is 1. The molecule has 0 bridgehead atoms. The predicted octanol–water partition coefficient (Wildman–Crippen LogP) is 2.49. The van der Waals surface area contributed by atoms with E-state index < -0.39 is 17.5 Å². The van der Waals surface area contributed by atoms with Crippen molar-refractivity contribution in [3.63, 3.8) is 0 Å². The Morgan fingerprint density at radius 2 is 2.13 bits per heavy atom. The van der Waals surface area contributed by atoms with Gasteiger partial charge in [-0.05, 0) is 31.5 Å². The minimum Gasteiger partial charge on any atom is -0.350 e. The zero-order chi connectivity index (χ0) is 11.4. The van der Waals surface area contributed by atoms with Crippen LogP contribution < -0.4 is 5.32 Å². The molecule has 1 aromatic rings. The molecule has 0 saturated carbocycles. The van der Waals surface area contributed by atoms with Gasteiger partial charge in [0, 0.05) is 6.04 Å². The number of benzene rings is 1. The third kappa shape index (κ3) is 3.01. The van der Waals surface area contributed by atoms with Gasteiger partial charge in [-0.2, -0.15) is 0 Å². The van der Waals surface area contributed by atoms with Gasteiger partial charge in [0.15, 0.2) is 0 Å². The second-order valence-corrected chi connectivity index (χ2v) is 3.41. The highest BCUT2D eigenvalue weighted by Crippen LogP contribution is 2.09. The molecule has 15 heavy (non-hydrogen) atoms. The van der Waals surface area contributed by atoms with E-state index in [2.05, 4.69) is 5.32 Å². The normalized spacial score (nSPS) is 12.3. The van der Waals surface area contributed by atoms with Crippen LogP contribution in [-0.4, -0.2) is 11.9 Å². The number of amides is 1. The van der Waals surface area contributed by atoms with Crippen LogP contribution in [0.5, 0.6) is 0 Å². The van der Waals surface area contributed by atoms with Crippen LogP contribution in [-0.2, 0) is 0 Å².